The molecule has 0 aliphatic carbocycles. The molecule has 1 amide bonds. The van der Waals surface area contributed by atoms with Crippen molar-refractivity contribution in [1.29, 1.82) is 5.26 Å². The maximum atomic E-state index is 12.2. The van der Waals surface area contributed by atoms with Gasteiger partial charge in [0.15, 0.2) is 0 Å². The Hall–Kier alpha value is -4.04. The van der Waals surface area contributed by atoms with E-state index in [1.807, 2.05) is 78.9 Å². The Bertz CT molecular complexity index is 976. The van der Waals surface area contributed by atoms with Gasteiger partial charge in [0, 0.05) is 17.6 Å². The monoisotopic (exact) mass is 369 g/mol. The standard InChI is InChI=1S/C23H19N3O2/c24-15-19(23(27)26-21-9-5-2-6-10-21)16-25-20-11-13-22(14-12-20)28-17-18-7-3-1-4-8-18/h1-14,16,25H,17H2,(H,26,27). The molecular formula is C23H19N3O2. The predicted molar refractivity (Wildman–Crippen MR) is 110 cm³/mol. The Morgan fingerprint density at radius 2 is 1.54 bits per heavy atom. The molecule has 3 aromatic rings. The first-order chi connectivity index (χ1) is 13.7. The highest BCUT2D eigenvalue weighted by Gasteiger charge is 2.09. The van der Waals surface area contributed by atoms with E-state index in [0.29, 0.717) is 12.3 Å². The van der Waals surface area contributed by atoms with E-state index in [-0.39, 0.29) is 5.57 Å². The molecule has 0 saturated carbocycles. The molecule has 0 aliphatic rings. The molecule has 28 heavy (non-hydrogen) atoms. The molecule has 0 aliphatic heterocycles. The fraction of sp³-hybridized carbons (Fsp3) is 0.0435. The smallest absolute Gasteiger partial charge is 0.267 e. The highest BCUT2D eigenvalue weighted by atomic mass is 16.5. The molecule has 0 atom stereocenters. The summed E-state index contributed by atoms with van der Waals surface area (Å²) in [5, 5.41) is 14.9. The van der Waals surface area contributed by atoms with Crippen LogP contribution < -0.4 is 15.4 Å². The Balaban J connectivity index is 1.56. The van der Waals surface area contributed by atoms with Crippen LogP contribution in [-0.2, 0) is 11.4 Å². The molecule has 138 valence electrons. The molecule has 3 aromatic carbocycles. The van der Waals surface area contributed by atoms with Crippen LogP contribution in [0.4, 0.5) is 11.4 Å². The van der Waals surface area contributed by atoms with Gasteiger partial charge in [-0.3, -0.25) is 4.79 Å². The van der Waals surface area contributed by atoms with Crippen LogP contribution in [0, 0.1) is 11.3 Å². The molecule has 0 bridgehead atoms. The second-order valence-corrected chi connectivity index (χ2v) is 5.93. The molecule has 0 radical (unpaired) electrons. The van der Waals surface area contributed by atoms with Crippen molar-refractivity contribution < 1.29 is 9.53 Å². The number of nitrogens with one attached hydrogen (secondary N) is 2. The number of para-hydroxylation sites is 1. The third kappa shape index (κ3) is 5.48. The number of ether oxygens (including phenoxy) is 1. The van der Waals surface area contributed by atoms with Crippen LogP contribution >= 0.6 is 0 Å². The van der Waals surface area contributed by atoms with Crippen LogP contribution in [0.15, 0.2) is 96.7 Å². The zero-order valence-corrected chi connectivity index (χ0v) is 15.1. The Labute approximate surface area is 163 Å². The van der Waals surface area contributed by atoms with Crippen LogP contribution in [0.3, 0.4) is 0 Å². The van der Waals surface area contributed by atoms with Crippen molar-refractivity contribution in [2.24, 2.45) is 0 Å². The molecule has 2 N–H and O–H groups in total. The largest absolute Gasteiger partial charge is 0.489 e. The summed E-state index contributed by atoms with van der Waals surface area (Å²) in [6.07, 6.45) is 1.39. The number of nitrogens with zero attached hydrogens (tertiary/aromatic N) is 1. The van der Waals surface area contributed by atoms with Gasteiger partial charge in [-0.25, -0.2) is 0 Å². The number of anilines is 2. The van der Waals surface area contributed by atoms with E-state index in [2.05, 4.69) is 10.6 Å². The number of benzene rings is 3. The number of carbonyl (C=O) groups is 1. The van der Waals surface area contributed by atoms with Crippen molar-refractivity contribution in [3.8, 4) is 11.8 Å². The van der Waals surface area contributed by atoms with Gasteiger partial charge in [0.25, 0.3) is 5.91 Å². The van der Waals surface area contributed by atoms with Gasteiger partial charge in [0.2, 0.25) is 0 Å². The number of nitriles is 1. The normalized spacial score (nSPS) is 10.6. The summed E-state index contributed by atoms with van der Waals surface area (Å²) in [6, 6.07) is 28.1. The van der Waals surface area contributed by atoms with Crippen LogP contribution in [0.1, 0.15) is 5.56 Å². The molecule has 0 spiro atoms. The van der Waals surface area contributed by atoms with E-state index in [1.165, 1.54) is 6.20 Å². The predicted octanol–water partition coefficient (Wildman–Crippen LogP) is 4.72. The molecule has 5 nitrogen and oxygen atoms in total. The summed E-state index contributed by atoms with van der Waals surface area (Å²) in [6.45, 7) is 0.492. The van der Waals surface area contributed by atoms with Crippen molar-refractivity contribution in [3.63, 3.8) is 0 Å². The molecular weight excluding hydrogens is 350 g/mol. The first-order valence-corrected chi connectivity index (χ1v) is 8.74. The molecule has 0 saturated heterocycles. The van der Waals surface area contributed by atoms with E-state index < -0.39 is 5.91 Å². The summed E-state index contributed by atoms with van der Waals surface area (Å²) in [4.78, 5) is 12.2. The van der Waals surface area contributed by atoms with Gasteiger partial charge >= 0.3 is 0 Å². The fourth-order valence-corrected chi connectivity index (χ4v) is 2.41. The minimum absolute atomic E-state index is 0.0201. The van der Waals surface area contributed by atoms with Crippen molar-refractivity contribution in [1.82, 2.24) is 0 Å². The average Bonchev–Trinajstić information content (AvgIpc) is 2.75. The average molecular weight is 369 g/mol. The highest BCUT2D eigenvalue weighted by molar-refractivity contribution is 6.06. The van der Waals surface area contributed by atoms with Crippen molar-refractivity contribution in [3.05, 3.63) is 102 Å². The van der Waals surface area contributed by atoms with Gasteiger partial charge in [0.05, 0.1) is 0 Å². The minimum Gasteiger partial charge on any atom is -0.489 e. The first-order valence-electron chi connectivity index (χ1n) is 8.74. The van der Waals surface area contributed by atoms with E-state index in [9.17, 15) is 10.1 Å². The summed E-state index contributed by atoms with van der Waals surface area (Å²) in [7, 11) is 0. The van der Waals surface area contributed by atoms with Crippen LogP contribution in [-0.4, -0.2) is 5.91 Å². The lowest BCUT2D eigenvalue weighted by Gasteiger charge is -2.08. The van der Waals surface area contributed by atoms with Crippen molar-refractivity contribution >= 4 is 17.3 Å². The Morgan fingerprint density at radius 1 is 0.893 bits per heavy atom. The second-order valence-electron chi connectivity index (χ2n) is 5.93. The van der Waals surface area contributed by atoms with Gasteiger partial charge in [0.1, 0.15) is 24.0 Å². The van der Waals surface area contributed by atoms with Crippen LogP contribution in [0.5, 0.6) is 5.75 Å². The quantitative estimate of drug-likeness (QED) is 0.467. The van der Waals surface area contributed by atoms with Crippen LogP contribution in [0.25, 0.3) is 0 Å². The number of hydrogen-bond acceptors (Lipinski definition) is 4. The summed E-state index contributed by atoms with van der Waals surface area (Å²) in [5.74, 6) is 0.268. The third-order valence-corrected chi connectivity index (χ3v) is 3.88. The maximum Gasteiger partial charge on any atom is 0.267 e. The molecule has 0 heterocycles. The minimum atomic E-state index is -0.469. The fourth-order valence-electron chi connectivity index (χ4n) is 2.41. The summed E-state index contributed by atoms with van der Waals surface area (Å²) in [5.41, 5.74) is 2.45. The first kappa shape index (κ1) is 18.7. The molecule has 0 fully saturated rings. The van der Waals surface area contributed by atoms with E-state index in [0.717, 1.165) is 17.0 Å². The van der Waals surface area contributed by atoms with E-state index >= 15 is 0 Å². The number of carbonyl (C=O) groups excluding carboxylic acids is 1. The maximum absolute atomic E-state index is 12.2. The topological polar surface area (TPSA) is 74.1 Å². The lowest BCUT2D eigenvalue weighted by Crippen LogP contribution is -2.14. The van der Waals surface area contributed by atoms with Crippen LogP contribution in [0.2, 0.25) is 0 Å². The van der Waals surface area contributed by atoms with E-state index in [1.54, 1.807) is 12.1 Å². The van der Waals surface area contributed by atoms with Gasteiger partial charge in [-0.15, -0.1) is 0 Å². The Kier molecular flexibility index (Phi) is 6.43. The molecule has 3 rings (SSSR count). The van der Waals surface area contributed by atoms with Gasteiger partial charge < -0.3 is 15.4 Å². The van der Waals surface area contributed by atoms with Gasteiger partial charge in [-0.2, -0.15) is 5.26 Å². The zero-order valence-electron chi connectivity index (χ0n) is 15.1. The van der Waals surface area contributed by atoms with Crippen molar-refractivity contribution in [2.75, 3.05) is 10.6 Å². The lowest BCUT2D eigenvalue weighted by atomic mass is 10.2. The van der Waals surface area contributed by atoms with Gasteiger partial charge in [-0.1, -0.05) is 48.5 Å². The zero-order chi connectivity index (χ0) is 19.6. The van der Waals surface area contributed by atoms with E-state index in [4.69, 9.17) is 4.74 Å². The highest BCUT2D eigenvalue weighted by Crippen LogP contribution is 2.17. The summed E-state index contributed by atoms with van der Waals surface area (Å²) < 4.78 is 5.74. The van der Waals surface area contributed by atoms with Crippen molar-refractivity contribution in [2.45, 2.75) is 6.61 Å². The number of rotatable bonds is 7. The lowest BCUT2D eigenvalue weighted by molar-refractivity contribution is -0.112. The SMILES string of the molecule is N#CC(=CNc1ccc(OCc2ccccc2)cc1)C(=O)Nc1ccccc1. The molecule has 0 aromatic heterocycles. The Morgan fingerprint density at radius 3 is 2.18 bits per heavy atom. The summed E-state index contributed by atoms with van der Waals surface area (Å²) >= 11 is 0. The molecule has 5 heteroatoms. The molecule has 0 unspecified atom stereocenters. The second kappa shape index (κ2) is 9.60. The number of hydrogen-bond donors (Lipinski definition) is 2. The number of amides is 1. The third-order valence-electron chi connectivity index (χ3n) is 3.88. The van der Waals surface area contributed by atoms with Gasteiger partial charge in [-0.05, 0) is 42.0 Å².